The lowest BCUT2D eigenvalue weighted by Gasteiger charge is -2.17. The van der Waals surface area contributed by atoms with Crippen LogP contribution in [-0.4, -0.2) is 26.2 Å². The van der Waals surface area contributed by atoms with E-state index in [1.54, 1.807) is 0 Å². The highest BCUT2D eigenvalue weighted by Gasteiger charge is 2.15. The summed E-state index contributed by atoms with van der Waals surface area (Å²) < 4.78 is 30.5. The molecule has 1 aromatic heterocycles. The second-order valence-corrected chi connectivity index (χ2v) is 6.57. The first-order chi connectivity index (χ1) is 9.04. The van der Waals surface area contributed by atoms with Crippen molar-refractivity contribution in [2.45, 2.75) is 32.2 Å². The zero-order valence-corrected chi connectivity index (χ0v) is 13.8. The summed E-state index contributed by atoms with van der Waals surface area (Å²) in [4.78, 5) is 1.09. The molecule has 1 atom stereocenters. The number of nitrogens with one attached hydrogen (secondary N) is 1. The third kappa shape index (κ3) is 6.49. The summed E-state index contributed by atoms with van der Waals surface area (Å²) in [5.41, 5.74) is 0. The quantitative estimate of drug-likeness (QED) is 0.620. The van der Waals surface area contributed by atoms with Crippen LogP contribution in [0.5, 0.6) is 0 Å². The van der Waals surface area contributed by atoms with E-state index in [0.717, 1.165) is 22.3 Å². The summed E-state index contributed by atoms with van der Waals surface area (Å²) in [6, 6.07) is 2.05. The third-order valence-electron chi connectivity index (χ3n) is 2.44. The van der Waals surface area contributed by atoms with Crippen molar-refractivity contribution in [2.75, 3.05) is 19.8 Å². The number of alkyl halides is 2. The largest absolute Gasteiger partial charge is 0.375 e. The number of rotatable bonds is 9. The SMILES string of the molecule is CCCNC(CCOCC(F)F)c1cc(Br)c(Cl)s1. The molecule has 0 aliphatic carbocycles. The molecule has 1 aromatic rings. The Morgan fingerprint density at radius 3 is 2.79 bits per heavy atom. The van der Waals surface area contributed by atoms with Crippen LogP contribution in [0.1, 0.15) is 30.7 Å². The van der Waals surface area contributed by atoms with E-state index >= 15 is 0 Å². The van der Waals surface area contributed by atoms with Crippen molar-refractivity contribution < 1.29 is 13.5 Å². The molecule has 0 spiro atoms. The van der Waals surface area contributed by atoms with E-state index in [4.69, 9.17) is 16.3 Å². The lowest BCUT2D eigenvalue weighted by atomic mass is 10.1. The molecule has 7 heteroatoms. The Balaban J connectivity index is 2.51. The second kappa shape index (κ2) is 9.23. The van der Waals surface area contributed by atoms with Crippen LogP contribution in [0.4, 0.5) is 8.78 Å². The fourth-order valence-corrected chi connectivity index (χ4v) is 3.42. The Labute approximate surface area is 129 Å². The van der Waals surface area contributed by atoms with Crippen molar-refractivity contribution >= 4 is 38.9 Å². The highest BCUT2D eigenvalue weighted by molar-refractivity contribution is 9.10. The highest BCUT2D eigenvalue weighted by atomic mass is 79.9. The Morgan fingerprint density at radius 1 is 1.53 bits per heavy atom. The summed E-state index contributed by atoms with van der Waals surface area (Å²) in [5, 5.41) is 3.38. The van der Waals surface area contributed by atoms with E-state index in [2.05, 4.69) is 28.2 Å². The van der Waals surface area contributed by atoms with Gasteiger partial charge in [0.25, 0.3) is 6.43 Å². The molecular weight excluding hydrogens is 360 g/mol. The molecule has 1 heterocycles. The van der Waals surface area contributed by atoms with E-state index in [-0.39, 0.29) is 6.04 Å². The van der Waals surface area contributed by atoms with Gasteiger partial charge >= 0.3 is 0 Å². The van der Waals surface area contributed by atoms with E-state index in [1.165, 1.54) is 11.3 Å². The Hall–Kier alpha value is 0.250. The first-order valence-corrected chi connectivity index (χ1v) is 8.07. The second-order valence-electron chi connectivity index (χ2n) is 4.03. The molecule has 110 valence electrons. The minimum Gasteiger partial charge on any atom is -0.375 e. The Morgan fingerprint density at radius 2 is 2.26 bits per heavy atom. The molecule has 0 radical (unpaired) electrons. The average molecular weight is 377 g/mol. The van der Waals surface area contributed by atoms with E-state index < -0.39 is 13.0 Å². The first kappa shape index (κ1) is 17.3. The molecule has 2 nitrogen and oxygen atoms in total. The maximum Gasteiger partial charge on any atom is 0.261 e. The van der Waals surface area contributed by atoms with Crippen molar-refractivity contribution in [3.05, 3.63) is 19.8 Å². The molecule has 0 aromatic carbocycles. The van der Waals surface area contributed by atoms with Crippen molar-refractivity contribution in [3.63, 3.8) is 0 Å². The molecule has 0 saturated carbocycles. The van der Waals surface area contributed by atoms with Gasteiger partial charge in [-0.3, -0.25) is 0 Å². The molecule has 0 fully saturated rings. The van der Waals surface area contributed by atoms with Crippen molar-refractivity contribution in [2.24, 2.45) is 0 Å². The predicted octanol–water partition coefficient (Wildman–Crippen LogP) is 4.88. The fraction of sp³-hybridized carbons (Fsp3) is 0.667. The molecule has 0 bridgehead atoms. The monoisotopic (exact) mass is 375 g/mol. The van der Waals surface area contributed by atoms with Crippen LogP contribution in [0.3, 0.4) is 0 Å². The zero-order valence-electron chi connectivity index (χ0n) is 10.6. The van der Waals surface area contributed by atoms with Gasteiger partial charge in [-0.1, -0.05) is 18.5 Å². The Bertz CT molecular complexity index is 359. The van der Waals surface area contributed by atoms with Gasteiger partial charge in [-0.25, -0.2) is 8.78 Å². The van der Waals surface area contributed by atoms with Crippen molar-refractivity contribution in [3.8, 4) is 0 Å². The summed E-state index contributed by atoms with van der Waals surface area (Å²) in [7, 11) is 0. The van der Waals surface area contributed by atoms with Crippen LogP contribution in [0, 0.1) is 0 Å². The topological polar surface area (TPSA) is 21.3 Å². The number of ether oxygens (including phenoxy) is 1. The molecule has 19 heavy (non-hydrogen) atoms. The lowest BCUT2D eigenvalue weighted by molar-refractivity contribution is 0.0144. The number of halogens is 4. The van der Waals surface area contributed by atoms with Crippen LogP contribution < -0.4 is 5.32 Å². The van der Waals surface area contributed by atoms with Gasteiger partial charge in [0, 0.05) is 22.0 Å². The summed E-state index contributed by atoms with van der Waals surface area (Å²) in [6.07, 6.45) is -0.752. The third-order valence-corrected chi connectivity index (χ3v) is 5.03. The average Bonchev–Trinajstić information content (AvgIpc) is 2.68. The van der Waals surface area contributed by atoms with Gasteiger partial charge in [0.05, 0.1) is 0 Å². The zero-order chi connectivity index (χ0) is 14.3. The van der Waals surface area contributed by atoms with Gasteiger partial charge in [0.1, 0.15) is 10.9 Å². The van der Waals surface area contributed by atoms with Gasteiger partial charge in [0.2, 0.25) is 0 Å². The maximum absolute atomic E-state index is 12.0. The van der Waals surface area contributed by atoms with Gasteiger partial charge in [-0.2, -0.15) is 0 Å². The maximum atomic E-state index is 12.0. The van der Waals surface area contributed by atoms with Gasteiger partial charge in [-0.15, -0.1) is 11.3 Å². The van der Waals surface area contributed by atoms with Gasteiger partial charge < -0.3 is 10.1 Å². The van der Waals surface area contributed by atoms with Crippen molar-refractivity contribution in [1.29, 1.82) is 0 Å². The van der Waals surface area contributed by atoms with Crippen molar-refractivity contribution in [1.82, 2.24) is 5.32 Å². The smallest absolute Gasteiger partial charge is 0.261 e. The highest BCUT2D eigenvalue weighted by Crippen LogP contribution is 2.36. The number of hydrogen-bond acceptors (Lipinski definition) is 3. The Kier molecular flexibility index (Phi) is 8.41. The van der Waals surface area contributed by atoms with Crippen LogP contribution in [-0.2, 0) is 4.74 Å². The minimum atomic E-state index is -2.41. The molecule has 0 amide bonds. The van der Waals surface area contributed by atoms with Crippen LogP contribution in [0.25, 0.3) is 0 Å². The molecular formula is C12H17BrClF2NOS. The molecule has 1 rings (SSSR count). The van der Waals surface area contributed by atoms with Crippen LogP contribution in [0.2, 0.25) is 4.34 Å². The van der Waals surface area contributed by atoms with Crippen LogP contribution >= 0.6 is 38.9 Å². The minimum absolute atomic E-state index is 0.0893. The van der Waals surface area contributed by atoms with E-state index in [1.807, 2.05) is 6.07 Å². The standard InChI is InChI=1S/C12H17BrClF2NOS/c1-2-4-17-9(3-5-18-7-11(15)16)10-6-8(13)12(14)19-10/h6,9,11,17H,2-5,7H2,1H3. The van der Waals surface area contributed by atoms with E-state index in [9.17, 15) is 8.78 Å². The summed E-state index contributed by atoms with van der Waals surface area (Å²) in [5.74, 6) is 0. The first-order valence-electron chi connectivity index (χ1n) is 6.08. The number of hydrogen-bond donors (Lipinski definition) is 1. The fourth-order valence-electron chi connectivity index (χ4n) is 1.57. The molecule has 0 aliphatic rings. The van der Waals surface area contributed by atoms with Gasteiger partial charge in [0.15, 0.2) is 0 Å². The van der Waals surface area contributed by atoms with E-state index in [0.29, 0.717) is 17.4 Å². The predicted molar refractivity (Wildman–Crippen MR) is 79.5 cm³/mol. The number of thiophene rings is 1. The lowest BCUT2D eigenvalue weighted by Crippen LogP contribution is -2.23. The normalized spacial score (nSPS) is 13.2. The molecule has 0 aliphatic heterocycles. The van der Waals surface area contributed by atoms with Gasteiger partial charge in [-0.05, 0) is 41.4 Å². The molecule has 1 unspecified atom stereocenters. The molecule has 1 N–H and O–H groups in total. The summed E-state index contributed by atoms with van der Waals surface area (Å²) >= 11 is 10.9. The summed E-state index contributed by atoms with van der Waals surface area (Å²) in [6.45, 7) is 2.75. The molecule has 0 saturated heterocycles. The van der Waals surface area contributed by atoms with Crippen LogP contribution in [0.15, 0.2) is 10.5 Å².